The first kappa shape index (κ1) is 9.63. The van der Waals surface area contributed by atoms with Gasteiger partial charge in [-0.25, -0.2) is 0 Å². The topological polar surface area (TPSA) is 24.4 Å². The first-order chi connectivity index (χ1) is 4.66. The van der Waals surface area contributed by atoms with Gasteiger partial charge in [0, 0.05) is 18.3 Å². The lowest BCUT2D eigenvalue weighted by Gasteiger charge is -2.04. The van der Waals surface area contributed by atoms with E-state index in [0.717, 1.165) is 6.42 Å². The Morgan fingerprint density at radius 3 is 2.40 bits per heavy atom. The van der Waals surface area contributed by atoms with Gasteiger partial charge in [-0.15, -0.1) is 0 Å². The van der Waals surface area contributed by atoms with E-state index in [1.54, 1.807) is 0 Å². The Labute approximate surface area is 63.7 Å². The van der Waals surface area contributed by atoms with E-state index in [4.69, 9.17) is 0 Å². The molecule has 2 nitrogen and oxygen atoms in total. The van der Waals surface area contributed by atoms with Crippen molar-refractivity contribution in [1.29, 1.82) is 0 Å². The molecule has 10 heavy (non-hydrogen) atoms. The fourth-order valence-electron chi connectivity index (χ4n) is 0.548. The predicted octanol–water partition coefficient (Wildman–Crippen LogP) is 1.46. The minimum atomic E-state index is 0.434. The summed E-state index contributed by atoms with van der Waals surface area (Å²) in [7, 11) is 1.97. The molecule has 0 aliphatic carbocycles. The second-order valence-corrected chi connectivity index (χ2v) is 2.85. The lowest BCUT2D eigenvalue weighted by molar-refractivity contribution is 0.635. The molecular formula is C8H18N2. The Kier molecular flexibility index (Phi) is 5.22. The summed E-state index contributed by atoms with van der Waals surface area (Å²) in [6.07, 6.45) is 3.01. The summed E-state index contributed by atoms with van der Waals surface area (Å²) in [4.78, 5) is 4.25. The van der Waals surface area contributed by atoms with Crippen molar-refractivity contribution in [2.45, 2.75) is 39.3 Å². The van der Waals surface area contributed by atoms with Crippen molar-refractivity contribution < 1.29 is 0 Å². The van der Waals surface area contributed by atoms with E-state index in [-0.39, 0.29) is 0 Å². The second kappa shape index (κ2) is 5.42. The van der Waals surface area contributed by atoms with Crippen molar-refractivity contribution in [2.75, 3.05) is 7.05 Å². The highest BCUT2D eigenvalue weighted by Crippen LogP contribution is 1.88. The number of nitrogens with zero attached hydrogens (tertiary/aromatic N) is 1. The molecule has 0 heterocycles. The third-order valence-electron chi connectivity index (χ3n) is 1.36. The first-order valence-electron chi connectivity index (χ1n) is 3.85. The molecule has 0 radical (unpaired) electrons. The van der Waals surface area contributed by atoms with Gasteiger partial charge < -0.3 is 5.32 Å². The molecule has 0 amide bonds. The molecule has 0 bridgehead atoms. The third kappa shape index (κ3) is 5.76. The fourth-order valence-corrected chi connectivity index (χ4v) is 0.548. The van der Waals surface area contributed by atoms with Crippen LogP contribution in [0.1, 0.15) is 27.2 Å². The molecule has 0 aliphatic rings. The first-order valence-corrected chi connectivity index (χ1v) is 3.85. The average molecular weight is 142 g/mol. The number of hydrogen-bond acceptors (Lipinski definition) is 2. The summed E-state index contributed by atoms with van der Waals surface area (Å²) in [6, 6.07) is 0.978. The van der Waals surface area contributed by atoms with E-state index >= 15 is 0 Å². The molecule has 0 spiro atoms. The molecule has 0 aromatic heterocycles. The molecule has 1 N–H and O–H groups in total. The van der Waals surface area contributed by atoms with E-state index in [0.29, 0.717) is 12.1 Å². The highest BCUT2D eigenvalue weighted by Gasteiger charge is 1.92. The van der Waals surface area contributed by atoms with Crippen LogP contribution in [0.2, 0.25) is 0 Å². The Bertz CT molecular complexity index is 97.4. The van der Waals surface area contributed by atoms with Crippen molar-refractivity contribution in [2.24, 2.45) is 4.99 Å². The van der Waals surface area contributed by atoms with Crippen LogP contribution in [0.3, 0.4) is 0 Å². The van der Waals surface area contributed by atoms with Crippen LogP contribution >= 0.6 is 0 Å². The maximum absolute atomic E-state index is 4.25. The summed E-state index contributed by atoms with van der Waals surface area (Å²) < 4.78 is 0. The zero-order valence-electron chi connectivity index (χ0n) is 7.39. The van der Waals surface area contributed by atoms with Crippen LogP contribution in [-0.4, -0.2) is 25.3 Å². The summed E-state index contributed by atoms with van der Waals surface area (Å²) in [5.41, 5.74) is 0. The molecule has 0 rings (SSSR count). The van der Waals surface area contributed by atoms with Crippen molar-refractivity contribution in [1.82, 2.24) is 5.32 Å². The van der Waals surface area contributed by atoms with E-state index in [1.165, 1.54) is 0 Å². The van der Waals surface area contributed by atoms with Crippen LogP contribution in [0.25, 0.3) is 0 Å². The van der Waals surface area contributed by atoms with Crippen LogP contribution in [0.5, 0.6) is 0 Å². The number of aliphatic imine (C=N–C) groups is 1. The zero-order chi connectivity index (χ0) is 7.98. The standard InChI is InChI=1S/C8H18N2/c1-7(2)10-6-5-8(3)9-4/h6-9H,5H2,1-4H3. The second-order valence-electron chi connectivity index (χ2n) is 2.85. The van der Waals surface area contributed by atoms with E-state index in [1.807, 2.05) is 13.3 Å². The Morgan fingerprint density at radius 1 is 1.40 bits per heavy atom. The van der Waals surface area contributed by atoms with Crippen molar-refractivity contribution in [3.63, 3.8) is 0 Å². The number of nitrogens with one attached hydrogen (secondary N) is 1. The largest absolute Gasteiger partial charge is 0.317 e. The Hall–Kier alpha value is -0.370. The van der Waals surface area contributed by atoms with E-state index < -0.39 is 0 Å². The molecule has 0 fully saturated rings. The molecule has 0 aliphatic heterocycles. The lowest BCUT2D eigenvalue weighted by Crippen LogP contribution is -2.21. The number of hydrogen-bond donors (Lipinski definition) is 1. The van der Waals surface area contributed by atoms with Gasteiger partial charge in [0.25, 0.3) is 0 Å². The van der Waals surface area contributed by atoms with Crippen molar-refractivity contribution in [3.05, 3.63) is 0 Å². The molecular weight excluding hydrogens is 124 g/mol. The third-order valence-corrected chi connectivity index (χ3v) is 1.36. The highest BCUT2D eigenvalue weighted by molar-refractivity contribution is 5.58. The van der Waals surface area contributed by atoms with E-state index in [2.05, 4.69) is 31.1 Å². The van der Waals surface area contributed by atoms with Crippen LogP contribution in [0.4, 0.5) is 0 Å². The van der Waals surface area contributed by atoms with Crippen LogP contribution in [0.15, 0.2) is 4.99 Å². The molecule has 0 aromatic rings. The van der Waals surface area contributed by atoms with Crippen LogP contribution in [0, 0.1) is 0 Å². The highest BCUT2D eigenvalue weighted by atomic mass is 14.9. The monoisotopic (exact) mass is 142 g/mol. The van der Waals surface area contributed by atoms with Gasteiger partial charge >= 0.3 is 0 Å². The van der Waals surface area contributed by atoms with Crippen LogP contribution in [-0.2, 0) is 0 Å². The minimum absolute atomic E-state index is 0.434. The fraction of sp³-hybridized carbons (Fsp3) is 0.875. The molecule has 60 valence electrons. The van der Waals surface area contributed by atoms with Gasteiger partial charge in [0.15, 0.2) is 0 Å². The normalized spacial score (nSPS) is 14.9. The van der Waals surface area contributed by atoms with Crippen LogP contribution < -0.4 is 5.32 Å². The molecule has 0 saturated carbocycles. The maximum atomic E-state index is 4.25. The summed E-state index contributed by atoms with van der Waals surface area (Å²) in [6.45, 7) is 6.31. The van der Waals surface area contributed by atoms with Gasteiger partial charge in [0.2, 0.25) is 0 Å². The molecule has 2 heteroatoms. The lowest BCUT2D eigenvalue weighted by atomic mass is 10.2. The quantitative estimate of drug-likeness (QED) is 0.590. The van der Waals surface area contributed by atoms with Gasteiger partial charge in [0.1, 0.15) is 0 Å². The van der Waals surface area contributed by atoms with Crippen molar-refractivity contribution >= 4 is 6.21 Å². The van der Waals surface area contributed by atoms with Gasteiger partial charge in [0.05, 0.1) is 0 Å². The van der Waals surface area contributed by atoms with Gasteiger partial charge in [-0.3, -0.25) is 4.99 Å². The smallest absolute Gasteiger partial charge is 0.0439 e. The maximum Gasteiger partial charge on any atom is 0.0439 e. The number of rotatable bonds is 4. The molecule has 0 saturated heterocycles. The zero-order valence-corrected chi connectivity index (χ0v) is 7.39. The van der Waals surface area contributed by atoms with Gasteiger partial charge in [-0.05, 0) is 34.2 Å². The SMILES string of the molecule is CNC(C)CC=NC(C)C. The predicted molar refractivity (Wildman–Crippen MR) is 46.8 cm³/mol. The van der Waals surface area contributed by atoms with Gasteiger partial charge in [-0.1, -0.05) is 0 Å². The summed E-state index contributed by atoms with van der Waals surface area (Å²) >= 11 is 0. The molecule has 0 aromatic carbocycles. The molecule has 1 atom stereocenters. The summed E-state index contributed by atoms with van der Waals surface area (Å²) in [5, 5.41) is 3.15. The van der Waals surface area contributed by atoms with E-state index in [9.17, 15) is 0 Å². The average Bonchev–Trinajstić information content (AvgIpc) is 1.87. The molecule has 1 unspecified atom stereocenters. The minimum Gasteiger partial charge on any atom is -0.317 e. The summed E-state index contributed by atoms with van der Waals surface area (Å²) in [5.74, 6) is 0. The van der Waals surface area contributed by atoms with Crippen molar-refractivity contribution in [3.8, 4) is 0 Å². The van der Waals surface area contributed by atoms with Gasteiger partial charge in [-0.2, -0.15) is 0 Å². The Balaban J connectivity index is 3.33. The Morgan fingerprint density at radius 2 is 2.00 bits per heavy atom.